The molecule has 0 atom stereocenters. The summed E-state index contributed by atoms with van der Waals surface area (Å²) in [7, 11) is 0. The molecule has 82 valence electrons. The average molecular weight is 208 g/mol. The lowest BCUT2D eigenvalue weighted by atomic mass is 9.82. The molecule has 0 amide bonds. The molecule has 0 radical (unpaired) electrons. The molecule has 4 N–H and O–H groups in total. The van der Waals surface area contributed by atoms with Crippen LogP contribution in [0.5, 0.6) is 0 Å². The quantitative estimate of drug-likeness (QED) is 0.675. The van der Waals surface area contributed by atoms with Gasteiger partial charge in [-0.1, -0.05) is 0 Å². The monoisotopic (exact) mass is 208 g/mol. The van der Waals surface area contributed by atoms with Crippen LogP contribution in [0.3, 0.4) is 0 Å². The molecule has 15 heavy (non-hydrogen) atoms. The Hall–Kier alpha value is -1.36. The molecule has 5 heteroatoms. The molecule has 1 aliphatic carbocycles. The van der Waals surface area contributed by atoms with Crippen molar-refractivity contribution in [2.24, 2.45) is 5.92 Å². The van der Waals surface area contributed by atoms with Gasteiger partial charge in [-0.15, -0.1) is 0 Å². The summed E-state index contributed by atoms with van der Waals surface area (Å²) in [6.45, 7) is 2.74. The fourth-order valence-electron chi connectivity index (χ4n) is 1.75. The van der Waals surface area contributed by atoms with Gasteiger partial charge in [0.2, 0.25) is 0 Å². The van der Waals surface area contributed by atoms with Gasteiger partial charge in [0.25, 0.3) is 0 Å². The molecule has 0 unspecified atom stereocenters. The van der Waals surface area contributed by atoms with Crippen molar-refractivity contribution in [1.82, 2.24) is 9.97 Å². The second-order valence-electron chi connectivity index (χ2n) is 4.10. The normalized spacial score (nSPS) is 24.7. The predicted molar refractivity (Wildman–Crippen MR) is 58.4 cm³/mol. The van der Waals surface area contributed by atoms with Crippen molar-refractivity contribution in [1.29, 1.82) is 0 Å². The standard InChI is InChI=1S/C10H16N4O/c1-6-9(11)13-5-14-10(6)12-4-7-2-8(15)3-7/h5,7-8,15H,2-4H2,1H3,(H3,11,12,13,14). The second kappa shape index (κ2) is 4.02. The Morgan fingerprint density at radius 1 is 1.53 bits per heavy atom. The van der Waals surface area contributed by atoms with Crippen molar-refractivity contribution in [2.45, 2.75) is 25.9 Å². The number of aliphatic hydroxyl groups excluding tert-OH is 1. The number of nitrogen functional groups attached to an aromatic ring is 1. The summed E-state index contributed by atoms with van der Waals surface area (Å²) in [5.74, 6) is 1.86. The fourth-order valence-corrected chi connectivity index (χ4v) is 1.75. The van der Waals surface area contributed by atoms with Crippen LogP contribution in [0.4, 0.5) is 11.6 Å². The van der Waals surface area contributed by atoms with Crippen molar-refractivity contribution in [3.63, 3.8) is 0 Å². The number of nitrogens with zero attached hydrogens (tertiary/aromatic N) is 2. The van der Waals surface area contributed by atoms with Gasteiger partial charge in [0.05, 0.1) is 6.10 Å². The lowest BCUT2D eigenvalue weighted by molar-refractivity contribution is 0.0486. The predicted octanol–water partition coefficient (Wildman–Crippen LogP) is 0.550. The third-order valence-corrected chi connectivity index (χ3v) is 2.89. The van der Waals surface area contributed by atoms with E-state index >= 15 is 0 Å². The molecule has 5 nitrogen and oxygen atoms in total. The van der Waals surface area contributed by atoms with Crippen molar-refractivity contribution >= 4 is 11.6 Å². The molecular weight excluding hydrogens is 192 g/mol. The van der Waals surface area contributed by atoms with E-state index in [1.165, 1.54) is 6.33 Å². The van der Waals surface area contributed by atoms with Crippen LogP contribution >= 0.6 is 0 Å². The molecule has 0 aliphatic heterocycles. The highest BCUT2D eigenvalue weighted by Crippen LogP contribution is 2.27. The number of nitrogens with one attached hydrogen (secondary N) is 1. The third-order valence-electron chi connectivity index (χ3n) is 2.89. The van der Waals surface area contributed by atoms with E-state index in [0.717, 1.165) is 30.8 Å². The Morgan fingerprint density at radius 2 is 2.27 bits per heavy atom. The van der Waals surface area contributed by atoms with Crippen molar-refractivity contribution in [3.8, 4) is 0 Å². The van der Waals surface area contributed by atoms with Crippen LogP contribution in [0, 0.1) is 12.8 Å². The molecular formula is C10H16N4O. The Morgan fingerprint density at radius 3 is 2.93 bits per heavy atom. The topological polar surface area (TPSA) is 84.1 Å². The number of hydrogen-bond donors (Lipinski definition) is 3. The van der Waals surface area contributed by atoms with E-state index < -0.39 is 0 Å². The summed E-state index contributed by atoms with van der Waals surface area (Å²) in [6, 6.07) is 0. The van der Waals surface area contributed by atoms with Crippen LogP contribution in [-0.2, 0) is 0 Å². The highest BCUT2D eigenvalue weighted by atomic mass is 16.3. The number of hydrogen-bond acceptors (Lipinski definition) is 5. The lowest BCUT2D eigenvalue weighted by Crippen LogP contribution is -2.33. The minimum Gasteiger partial charge on any atom is -0.393 e. The van der Waals surface area contributed by atoms with Gasteiger partial charge in [-0.25, -0.2) is 9.97 Å². The van der Waals surface area contributed by atoms with Crippen LogP contribution < -0.4 is 11.1 Å². The summed E-state index contributed by atoms with van der Waals surface area (Å²) < 4.78 is 0. The molecule has 1 heterocycles. The average Bonchev–Trinajstić information content (AvgIpc) is 2.17. The first kappa shape index (κ1) is 10.2. The third kappa shape index (κ3) is 2.18. The van der Waals surface area contributed by atoms with E-state index in [4.69, 9.17) is 10.8 Å². The SMILES string of the molecule is Cc1c(N)ncnc1NCC1CC(O)C1. The van der Waals surface area contributed by atoms with Gasteiger partial charge in [0, 0.05) is 12.1 Å². The highest BCUT2D eigenvalue weighted by Gasteiger charge is 2.26. The maximum Gasteiger partial charge on any atom is 0.134 e. The van der Waals surface area contributed by atoms with Gasteiger partial charge >= 0.3 is 0 Å². The molecule has 2 rings (SSSR count). The Kier molecular flexibility index (Phi) is 2.73. The zero-order valence-corrected chi connectivity index (χ0v) is 8.77. The first-order chi connectivity index (χ1) is 7.16. The second-order valence-corrected chi connectivity index (χ2v) is 4.10. The molecule has 0 aromatic carbocycles. The van der Waals surface area contributed by atoms with Crippen molar-refractivity contribution in [3.05, 3.63) is 11.9 Å². The van der Waals surface area contributed by atoms with E-state index in [9.17, 15) is 0 Å². The summed E-state index contributed by atoms with van der Waals surface area (Å²) in [5, 5.41) is 12.4. The van der Waals surface area contributed by atoms with E-state index in [1.54, 1.807) is 0 Å². The minimum atomic E-state index is -0.103. The number of nitrogens with two attached hydrogens (primary N) is 1. The van der Waals surface area contributed by atoms with Crippen LogP contribution in [-0.4, -0.2) is 27.7 Å². The van der Waals surface area contributed by atoms with Crippen molar-refractivity contribution in [2.75, 3.05) is 17.6 Å². The minimum absolute atomic E-state index is 0.103. The Balaban J connectivity index is 1.91. The molecule has 1 aromatic heterocycles. The van der Waals surface area contributed by atoms with Crippen LogP contribution in [0.25, 0.3) is 0 Å². The zero-order chi connectivity index (χ0) is 10.8. The zero-order valence-electron chi connectivity index (χ0n) is 8.77. The summed E-state index contributed by atoms with van der Waals surface area (Å²) in [4.78, 5) is 8.02. The van der Waals surface area contributed by atoms with Gasteiger partial charge in [-0.05, 0) is 25.7 Å². The molecule has 0 bridgehead atoms. The maximum absolute atomic E-state index is 9.14. The van der Waals surface area contributed by atoms with E-state index in [1.807, 2.05) is 6.92 Å². The van der Waals surface area contributed by atoms with Gasteiger partial charge in [0.15, 0.2) is 0 Å². The maximum atomic E-state index is 9.14. The fraction of sp³-hybridized carbons (Fsp3) is 0.600. The molecule has 1 fully saturated rings. The molecule has 1 aliphatic rings. The van der Waals surface area contributed by atoms with E-state index in [0.29, 0.717) is 11.7 Å². The van der Waals surface area contributed by atoms with Crippen LogP contribution in [0.2, 0.25) is 0 Å². The number of anilines is 2. The number of aliphatic hydroxyl groups is 1. The molecule has 1 saturated carbocycles. The van der Waals surface area contributed by atoms with Gasteiger partial charge in [-0.3, -0.25) is 0 Å². The van der Waals surface area contributed by atoms with Gasteiger partial charge in [0.1, 0.15) is 18.0 Å². The molecule has 1 aromatic rings. The van der Waals surface area contributed by atoms with E-state index in [-0.39, 0.29) is 6.10 Å². The highest BCUT2D eigenvalue weighted by molar-refractivity contribution is 5.53. The van der Waals surface area contributed by atoms with Crippen molar-refractivity contribution < 1.29 is 5.11 Å². The Bertz CT molecular complexity index is 349. The summed E-state index contributed by atoms with van der Waals surface area (Å²) in [5.41, 5.74) is 6.55. The first-order valence-electron chi connectivity index (χ1n) is 5.16. The lowest BCUT2D eigenvalue weighted by Gasteiger charge is -2.31. The first-order valence-corrected chi connectivity index (χ1v) is 5.16. The largest absolute Gasteiger partial charge is 0.393 e. The molecule has 0 saturated heterocycles. The smallest absolute Gasteiger partial charge is 0.134 e. The van der Waals surface area contributed by atoms with Gasteiger partial charge in [-0.2, -0.15) is 0 Å². The van der Waals surface area contributed by atoms with Crippen LogP contribution in [0.1, 0.15) is 18.4 Å². The van der Waals surface area contributed by atoms with E-state index in [2.05, 4.69) is 15.3 Å². The summed E-state index contributed by atoms with van der Waals surface area (Å²) in [6.07, 6.45) is 3.12. The van der Waals surface area contributed by atoms with Gasteiger partial charge < -0.3 is 16.2 Å². The number of rotatable bonds is 3. The summed E-state index contributed by atoms with van der Waals surface area (Å²) >= 11 is 0. The molecule has 0 spiro atoms. The number of aromatic nitrogens is 2. The van der Waals surface area contributed by atoms with Crippen LogP contribution in [0.15, 0.2) is 6.33 Å². The Labute approximate surface area is 88.7 Å².